The minimum Gasteiger partial charge on any atom is -0.458 e. The van der Waals surface area contributed by atoms with E-state index in [9.17, 15) is 9.59 Å². The SMILES string of the molecule is CC(C)CCC(=O)N(NCC(C)C)[C@@H](CCCC1CCCC1)C(=O)OC(C)(C)C. The fraction of sp³-hybridized carbons (Fsp3) is 0.917. The Hall–Kier alpha value is -1.10. The van der Waals surface area contributed by atoms with E-state index in [0.717, 1.165) is 25.2 Å². The zero-order chi connectivity index (χ0) is 22.0. The van der Waals surface area contributed by atoms with E-state index in [1.807, 2.05) is 20.8 Å². The van der Waals surface area contributed by atoms with Crippen LogP contribution >= 0.6 is 0 Å². The Morgan fingerprint density at radius 3 is 2.17 bits per heavy atom. The molecule has 29 heavy (non-hydrogen) atoms. The van der Waals surface area contributed by atoms with Crippen molar-refractivity contribution in [3.8, 4) is 0 Å². The molecule has 1 N–H and O–H groups in total. The predicted octanol–water partition coefficient (Wildman–Crippen LogP) is 5.48. The maximum Gasteiger partial charge on any atom is 0.331 e. The molecule has 170 valence electrons. The zero-order valence-corrected chi connectivity index (χ0v) is 20.1. The summed E-state index contributed by atoms with van der Waals surface area (Å²) in [5.41, 5.74) is 2.71. The van der Waals surface area contributed by atoms with E-state index in [4.69, 9.17) is 4.74 Å². The molecule has 0 spiro atoms. The number of esters is 1. The first kappa shape index (κ1) is 25.9. The third-order valence-corrected chi connectivity index (χ3v) is 5.43. The largest absolute Gasteiger partial charge is 0.458 e. The average molecular weight is 411 g/mol. The van der Waals surface area contributed by atoms with Crippen LogP contribution in [-0.2, 0) is 14.3 Å². The van der Waals surface area contributed by atoms with Crippen LogP contribution in [0.4, 0.5) is 0 Å². The summed E-state index contributed by atoms with van der Waals surface area (Å²) in [6.45, 7) is 14.7. The van der Waals surface area contributed by atoms with E-state index in [1.54, 1.807) is 5.01 Å². The molecule has 0 aromatic rings. The maximum absolute atomic E-state index is 13.1. The van der Waals surface area contributed by atoms with Crippen molar-refractivity contribution < 1.29 is 14.3 Å². The van der Waals surface area contributed by atoms with Gasteiger partial charge in [-0.2, -0.15) is 0 Å². The van der Waals surface area contributed by atoms with Gasteiger partial charge in [0.15, 0.2) is 0 Å². The third-order valence-electron chi connectivity index (χ3n) is 5.43. The van der Waals surface area contributed by atoms with Crippen molar-refractivity contribution in [2.24, 2.45) is 17.8 Å². The van der Waals surface area contributed by atoms with Crippen molar-refractivity contribution in [3.05, 3.63) is 0 Å². The topological polar surface area (TPSA) is 58.6 Å². The van der Waals surface area contributed by atoms with Crippen LogP contribution in [0.15, 0.2) is 0 Å². The van der Waals surface area contributed by atoms with Crippen molar-refractivity contribution in [2.75, 3.05) is 6.54 Å². The number of hydrogen-bond acceptors (Lipinski definition) is 4. The monoisotopic (exact) mass is 410 g/mol. The molecule has 1 rings (SSSR count). The Balaban J connectivity index is 2.90. The van der Waals surface area contributed by atoms with Crippen LogP contribution in [0.1, 0.15) is 106 Å². The highest BCUT2D eigenvalue weighted by Crippen LogP contribution is 2.29. The number of carbonyl (C=O) groups excluding carboxylic acids is 2. The van der Waals surface area contributed by atoms with Crippen LogP contribution in [0, 0.1) is 17.8 Å². The molecule has 1 aliphatic carbocycles. The summed E-state index contributed by atoms with van der Waals surface area (Å²) in [6.07, 6.45) is 9.28. The van der Waals surface area contributed by atoms with Gasteiger partial charge in [0, 0.05) is 13.0 Å². The van der Waals surface area contributed by atoms with Gasteiger partial charge in [-0.3, -0.25) is 9.80 Å². The Morgan fingerprint density at radius 2 is 1.66 bits per heavy atom. The lowest BCUT2D eigenvalue weighted by Gasteiger charge is -2.34. The summed E-state index contributed by atoms with van der Waals surface area (Å²) in [5.74, 6) is 1.32. The van der Waals surface area contributed by atoms with Gasteiger partial charge in [-0.25, -0.2) is 10.2 Å². The Bertz CT molecular complexity index is 491. The molecule has 0 aromatic carbocycles. The Labute approximate surface area is 179 Å². The summed E-state index contributed by atoms with van der Waals surface area (Å²) in [7, 11) is 0. The second-order valence-electron chi connectivity index (χ2n) is 10.6. The molecule has 1 amide bonds. The second kappa shape index (κ2) is 12.6. The number of ether oxygens (including phenoxy) is 1. The second-order valence-corrected chi connectivity index (χ2v) is 10.6. The van der Waals surface area contributed by atoms with Crippen LogP contribution < -0.4 is 5.43 Å². The summed E-state index contributed by atoms with van der Waals surface area (Å²) in [6, 6.07) is -0.561. The minimum absolute atomic E-state index is 0.00363. The summed E-state index contributed by atoms with van der Waals surface area (Å²) < 4.78 is 5.71. The number of hydrazine groups is 1. The number of hydrogen-bond donors (Lipinski definition) is 1. The summed E-state index contributed by atoms with van der Waals surface area (Å²) >= 11 is 0. The van der Waals surface area contributed by atoms with Crippen LogP contribution in [0.25, 0.3) is 0 Å². The zero-order valence-electron chi connectivity index (χ0n) is 20.1. The average Bonchev–Trinajstić information content (AvgIpc) is 3.10. The molecule has 0 saturated heterocycles. The van der Waals surface area contributed by atoms with Crippen LogP contribution in [0.5, 0.6) is 0 Å². The molecule has 0 aliphatic heterocycles. The van der Waals surface area contributed by atoms with Crippen molar-refractivity contribution >= 4 is 11.9 Å². The molecule has 5 heteroatoms. The van der Waals surface area contributed by atoms with Crippen LogP contribution in [-0.4, -0.2) is 35.1 Å². The Morgan fingerprint density at radius 1 is 1.03 bits per heavy atom. The lowest BCUT2D eigenvalue weighted by atomic mass is 9.98. The van der Waals surface area contributed by atoms with Gasteiger partial charge in [0.2, 0.25) is 5.91 Å². The van der Waals surface area contributed by atoms with E-state index in [2.05, 4.69) is 33.1 Å². The van der Waals surface area contributed by atoms with Gasteiger partial charge in [0.1, 0.15) is 11.6 Å². The van der Waals surface area contributed by atoms with Gasteiger partial charge >= 0.3 is 5.97 Å². The number of carbonyl (C=O) groups is 2. The molecular weight excluding hydrogens is 364 g/mol. The van der Waals surface area contributed by atoms with Gasteiger partial charge in [0.25, 0.3) is 0 Å². The van der Waals surface area contributed by atoms with Gasteiger partial charge in [-0.05, 0) is 51.4 Å². The van der Waals surface area contributed by atoms with E-state index < -0.39 is 11.6 Å². The van der Waals surface area contributed by atoms with Gasteiger partial charge in [-0.1, -0.05) is 66.2 Å². The van der Waals surface area contributed by atoms with Crippen LogP contribution in [0.3, 0.4) is 0 Å². The number of rotatable bonds is 12. The smallest absolute Gasteiger partial charge is 0.331 e. The summed E-state index contributed by atoms with van der Waals surface area (Å²) in [4.78, 5) is 26.1. The maximum atomic E-state index is 13.1. The van der Waals surface area contributed by atoms with E-state index in [1.165, 1.54) is 25.7 Å². The standard InChI is InChI=1S/C24H46N2O3/c1-18(2)15-16-22(27)26(25-17-19(3)4)21(23(28)29-24(5,6)7)14-10-13-20-11-8-9-12-20/h18-21,25H,8-17H2,1-7H3/t21-/m0/s1. The van der Waals surface area contributed by atoms with Crippen molar-refractivity contribution in [1.82, 2.24) is 10.4 Å². The van der Waals surface area contributed by atoms with Crippen molar-refractivity contribution in [1.29, 1.82) is 0 Å². The molecule has 1 atom stereocenters. The number of nitrogens with one attached hydrogen (secondary N) is 1. The first-order valence-electron chi connectivity index (χ1n) is 11.8. The van der Waals surface area contributed by atoms with E-state index >= 15 is 0 Å². The highest BCUT2D eigenvalue weighted by Gasteiger charge is 2.33. The first-order valence-corrected chi connectivity index (χ1v) is 11.8. The molecule has 0 unspecified atom stereocenters. The third kappa shape index (κ3) is 11.0. The van der Waals surface area contributed by atoms with Gasteiger partial charge in [0.05, 0.1) is 0 Å². The molecule has 0 bridgehead atoms. The van der Waals surface area contributed by atoms with E-state index in [-0.39, 0.29) is 11.9 Å². The predicted molar refractivity (Wildman–Crippen MR) is 119 cm³/mol. The minimum atomic E-state index is -0.564. The fourth-order valence-electron chi connectivity index (χ4n) is 3.81. The number of nitrogens with zero attached hydrogens (tertiary/aromatic N) is 1. The fourth-order valence-corrected chi connectivity index (χ4v) is 3.81. The summed E-state index contributed by atoms with van der Waals surface area (Å²) in [5, 5.41) is 1.60. The van der Waals surface area contributed by atoms with Crippen LogP contribution in [0.2, 0.25) is 0 Å². The lowest BCUT2D eigenvalue weighted by Crippen LogP contribution is -2.55. The quantitative estimate of drug-likeness (QED) is 0.342. The molecular formula is C24H46N2O3. The van der Waals surface area contributed by atoms with Crippen molar-refractivity contribution in [2.45, 2.75) is 118 Å². The molecule has 5 nitrogen and oxygen atoms in total. The lowest BCUT2D eigenvalue weighted by molar-refractivity contribution is -0.168. The number of amides is 1. The highest BCUT2D eigenvalue weighted by atomic mass is 16.6. The molecule has 1 aliphatic rings. The molecule has 0 aromatic heterocycles. The molecule has 0 radical (unpaired) electrons. The molecule has 1 fully saturated rings. The first-order chi connectivity index (χ1) is 13.5. The normalized spacial score (nSPS) is 16.4. The van der Waals surface area contributed by atoms with Gasteiger partial charge < -0.3 is 4.74 Å². The molecule has 1 saturated carbocycles. The van der Waals surface area contributed by atoms with Gasteiger partial charge in [-0.15, -0.1) is 0 Å². The highest BCUT2D eigenvalue weighted by molar-refractivity contribution is 5.84. The van der Waals surface area contributed by atoms with Crippen molar-refractivity contribution in [3.63, 3.8) is 0 Å². The molecule has 0 heterocycles. The van der Waals surface area contributed by atoms with E-state index in [0.29, 0.717) is 31.2 Å². The Kier molecular flexibility index (Phi) is 11.2.